The van der Waals surface area contributed by atoms with E-state index >= 15 is 0 Å². The van der Waals surface area contributed by atoms with Gasteiger partial charge in [-0.2, -0.15) is 0 Å². The first-order valence-corrected chi connectivity index (χ1v) is 10.2. The summed E-state index contributed by atoms with van der Waals surface area (Å²) in [5, 5.41) is 3.71. The van der Waals surface area contributed by atoms with Gasteiger partial charge >= 0.3 is 5.69 Å². The predicted molar refractivity (Wildman–Crippen MR) is 111 cm³/mol. The molecule has 0 radical (unpaired) electrons. The maximum absolute atomic E-state index is 13.2. The Morgan fingerprint density at radius 3 is 2.54 bits per heavy atom. The van der Waals surface area contributed by atoms with Gasteiger partial charge in [0.1, 0.15) is 5.01 Å². The normalized spacial score (nSPS) is 16.0. The molecule has 0 fully saturated rings. The summed E-state index contributed by atoms with van der Waals surface area (Å²) in [6, 6.07) is 9.96. The largest absolute Gasteiger partial charge is 0.341 e. The lowest BCUT2D eigenvalue weighted by molar-refractivity contribution is 0.705. The van der Waals surface area contributed by atoms with Crippen molar-refractivity contribution in [1.29, 1.82) is 0 Å². The van der Waals surface area contributed by atoms with E-state index < -0.39 is 0 Å². The fraction of sp³-hybridized carbons (Fsp3) is 0.286. The summed E-state index contributed by atoms with van der Waals surface area (Å²) in [7, 11) is 3.30. The summed E-state index contributed by atoms with van der Waals surface area (Å²) in [5.41, 5.74) is 4.12. The second-order valence-electron chi connectivity index (χ2n) is 7.35. The molecular weight excluding hydrogens is 372 g/mol. The second kappa shape index (κ2) is 6.04. The summed E-state index contributed by atoms with van der Waals surface area (Å²) in [6.45, 7) is 2.79. The van der Waals surface area contributed by atoms with Crippen molar-refractivity contribution in [2.45, 2.75) is 25.8 Å². The highest BCUT2D eigenvalue weighted by atomic mass is 32.1. The topological polar surface area (TPSA) is 61.8 Å². The molecule has 1 aromatic carbocycles. The van der Waals surface area contributed by atoms with Gasteiger partial charge in [-0.3, -0.25) is 13.9 Å². The van der Waals surface area contributed by atoms with Gasteiger partial charge < -0.3 is 4.57 Å². The number of aromatic nitrogens is 4. The van der Waals surface area contributed by atoms with Crippen LogP contribution in [0.5, 0.6) is 0 Å². The lowest BCUT2D eigenvalue weighted by Crippen LogP contribution is -2.37. The number of aryl methyl sites for hydroxylation is 2. The molecule has 1 unspecified atom stereocenters. The van der Waals surface area contributed by atoms with E-state index in [1.54, 1.807) is 30.0 Å². The van der Waals surface area contributed by atoms with E-state index in [0.29, 0.717) is 5.39 Å². The SMILES string of the molecule is Cc1csc(C2CCn3c(-c4ccccc4)c4c(=O)n(C)c(=O)n(C)c4c32)n1. The van der Waals surface area contributed by atoms with Crippen molar-refractivity contribution in [2.24, 2.45) is 14.1 Å². The van der Waals surface area contributed by atoms with Crippen LogP contribution in [0.4, 0.5) is 0 Å². The highest BCUT2D eigenvalue weighted by Gasteiger charge is 2.35. The van der Waals surface area contributed by atoms with Crippen LogP contribution >= 0.6 is 11.3 Å². The molecule has 28 heavy (non-hydrogen) atoms. The fourth-order valence-corrected chi connectivity index (χ4v) is 5.32. The Balaban J connectivity index is 1.95. The number of hydrogen-bond acceptors (Lipinski definition) is 4. The minimum atomic E-state index is -0.300. The van der Waals surface area contributed by atoms with Crippen LogP contribution in [0.15, 0.2) is 45.3 Å². The molecule has 3 aromatic heterocycles. The van der Waals surface area contributed by atoms with Crippen molar-refractivity contribution >= 4 is 22.2 Å². The van der Waals surface area contributed by atoms with Crippen LogP contribution in [-0.2, 0) is 20.6 Å². The lowest BCUT2D eigenvalue weighted by atomic mass is 10.0. The molecule has 7 heteroatoms. The second-order valence-corrected chi connectivity index (χ2v) is 8.24. The molecule has 0 N–H and O–H groups in total. The molecule has 6 nitrogen and oxygen atoms in total. The molecule has 1 atom stereocenters. The van der Waals surface area contributed by atoms with Crippen molar-refractivity contribution in [3.05, 3.63) is 72.9 Å². The maximum atomic E-state index is 13.2. The molecule has 1 aliphatic heterocycles. The van der Waals surface area contributed by atoms with Crippen LogP contribution in [0.2, 0.25) is 0 Å². The number of fused-ring (bicyclic) bond motifs is 3. The van der Waals surface area contributed by atoms with Gasteiger partial charge in [0.05, 0.1) is 28.2 Å². The number of hydrogen-bond donors (Lipinski definition) is 0. The fourth-order valence-electron chi connectivity index (χ4n) is 4.39. The average molecular weight is 392 g/mol. The van der Waals surface area contributed by atoms with Crippen molar-refractivity contribution in [1.82, 2.24) is 18.7 Å². The molecule has 0 bridgehead atoms. The van der Waals surface area contributed by atoms with E-state index in [1.807, 2.05) is 37.3 Å². The van der Waals surface area contributed by atoms with Crippen LogP contribution in [-0.4, -0.2) is 18.7 Å². The lowest BCUT2D eigenvalue weighted by Gasteiger charge is -2.10. The average Bonchev–Trinajstić information content (AvgIpc) is 3.39. The minimum absolute atomic E-state index is 0.0939. The third-order valence-electron chi connectivity index (χ3n) is 5.66. The van der Waals surface area contributed by atoms with Crippen molar-refractivity contribution < 1.29 is 0 Å². The number of nitrogens with zero attached hydrogens (tertiary/aromatic N) is 4. The zero-order chi connectivity index (χ0) is 19.6. The van der Waals surface area contributed by atoms with Gasteiger partial charge in [-0.25, -0.2) is 9.78 Å². The summed E-state index contributed by atoms with van der Waals surface area (Å²) in [6.07, 6.45) is 0.918. The van der Waals surface area contributed by atoms with Gasteiger partial charge in [-0.05, 0) is 18.9 Å². The zero-order valence-electron chi connectivity index (χ0n) is 16.0. The van der Waals surface area contributed by atoms with Crippen LogP contribution in [0.3, 0.4) is 0 Å². The van der Waals surface area contributed by atoms with Gasteiger partial charge in [0, 0.05) is 31.7 Å². The Labute approximate surface area is 165 Å². The van der Waals surface area contributed by atoms with E-state index in [2.05, 4.69) is 9.95 Å². The predicted octanol–water partition coefficient (Wildman–Crippen LogP) is 3.01. The first-order chi connectivity index (χ1) is 13.5. The van der Waals surface area contributed by atoms with Crippen LogP contribution in [0.25, 0.3) is 22.2 Å². The van der Waals surface area contributed by atoms with E-state index in [-0.39, 0.29) is 17.2 Å². The summed E-state index contributed by atoms with van der Waals surface area (Å²) in [4.78, 5) is 30.6. The van der Waals surface area contributed by atoms with Gasteiger partial charge in [-0.15, -0.1) is 11.3 Å². The van der Waals surface area contributed by atoms with E-state index in [4.69, 9.17) is 4.98 Å². The van der Waals surface area contributed by atoms with E-state index in [0.717, 1.165) is 46.1 Å². The molecular formula is C21H20N4O2S. The molecule has 1 aliphatic rings. The summed E-state index contributed by atoms with van der Waals surface area (Å²) < 4.78 is 5.04. The minimum Gasteiger partial charge on any atom is -0.341 e. The summed E-state index contributed by atoms with van der Waals surface area (Å²) >= 11 is 1.65. The third kappa shape index (κ3) is 2.22. The van der Waals surface area contributed by atoms with Gasteiger partial charge in [0.2, 0.25) is 0 Å². The molecule has 4 aromatic rings. The highest BCUT2D eigenvalue weighted by molar-refractivity contribution is 7.09. The quantitative estimate of drug-likeness (QED) is 0.527. The molecule has 142 valence electrons. The monoisotopic (exact) mass is 392 g/mol. The molecule has 4 heterocycles. The molecule has 0 aliphatic carbocycles. The molecule has 5 rings (SSSR count). The van der Waals surface area contributed by atoms with Crippen LogP contribution in [0, 0.1) is 6.92 Å². The first-order valence-electron chi connectivity index (χ1n) is 9.28. The summed E-state index contributed by atoms with van der Waals surface area (Å²) in [5.74, 6) is 0.0939. The van der Waals surface area contributed by atoms with Gasteiger partial charge in [-0.1, -0.05) is 30.3 Å². The standard InChI is InChI=1S/C21H20N4O2S/c1-12-11-28-19(22-12)14-9-10-25-16(13-7-5-4-6-8-13)15-18(17(14)25)23(2)21(27)24(3)20(15)26/h4-8,11,14H,9-10H2,1-3H3. The van der Waals surface area contributed by atoms with Crippen molar-refractivity contribution in [3.8, 4) is 11.3 Å². The van der Waals surface area contributed by atoms with Crippen LogP contribution in [0.1, 0.15) is 28.7 Å². The van der Waals surface area contributed by atoms with Crippen molar-refractivity contribution in [2.75, 3.05) is 0 Å². The molecule has 0 saturated heterocycles. The number of rotatable bonds is 2. The van der Waals surface area contributed by atoms with E-state index in [9.17, 15) is 9.59 Å². The first kappa shape index (κ1) is 17.2. The zero-order valence-corrected chi connectivity index (χ0v) is 16.8. The smallest absolute Gasteiger partial charge is 0.331 e. The maximum Gasteiger partial charge on any atom is 0.331 e. The third-order valence-corrected chi connectivity index (χ3v) is 6.73. The molecule has 0 amide bonds. The van der Waals surface area contributed by atoms with Crippen LogP contribution < -0.4 is 11.2 Å². The molecule has 0 saturated carbocycles. The Morgan fingerprint density at radius 2 is 1.86 bits per heavy atom. The highest BCUT2D eigenvalue weighted by Crippen LogP contribution is 2.44. The number of benzene rings is 1. The van der Waals surface area contributed by atoms with Gasteiger partial charge in [0.25, 0.3) is 5.56 Å². The Bertz CT molecular complexity index is 1340. The Morgan fingerprint density at radius 1 is 1.11 bits per heavy atom. The van der Waals surface area contributed by atoms with E-state index in [1.165, 1.54) is 4.57 Å². The molecule has 0 spiro atoms. The Hall–Kier alpha value is -2.93. The van der Waals surface area contributed by atoms with Crippen molar-refractivity contribution in [3.63, 3.8) is 0 Å². The number of thiazole rings is 1. The Kier molecular flexibility index (Phi) is 3.71. The van der Waals surface area contributed by atoms with Gasteiger partial charge in [0.15, 0.2) is 0 Å².